The fourth-order valence-electron chi connectivity index (χ4n) is 4.48. The van der Waals surface area contributed by atoms with E-state index in [-0.39, 0.29) is 5.91 Å². The second kappa shape index (κ2) is 8.84. The van der Waals surface area contributed by atoms with Gasteiger partial charge in [0.15, 0.2) is 0 Å². The SMILES string of the molecule is Cc1cc(C)n(CCC(=O)NC2CCCN(CC3CCCCC3)C2)n1. The fourth-order valence-corrected chi connectivity index (χ4v) is 4.48. The minimum Gasteiger partial charge on any atom is -0.352 e. The van der Waals surface area contributed by atoms with Gasteiger partial charge in [0.05, 0.1) is 5.69 Å². The van der Waals surface area contributed by atoms with Gasteiger partial charge < -0.3 is 10.2 Å². The van der Waals surface area contributed by atoms with E-state index in [4.69, 9.17) is 0 Å². The molecular formula is C20H34N4O. The number of rotatable bonds is 6. The van der Waals surface area contributed by atoms with E-state index < -0.39 is 0 Å². The first kappa shape index (κ1) is 18.4. The Morgan fingerprint density at radius 1 is 1.20 bits per heavy atom. The molecule has 2 heterocycles. The van der Waals surface area contributed by atoms with Crippen molar-refractivity contribution in [3.63, 3.8) is 0 Å². The number of nitrogens with one attached hydrogen (secondary N) is 1. The molecule has 1 aliphatic carbocycles. The Morgan fingerprint density at radius 3 is 2.72 bits per heavy atom. The van der Waals surface area contributed by atoms with Crippen LogP contribution < -0.4 is 5.32 Å². The lowest BCUT2D eigenvalue weighted by Gasteiger charge is -2.36. The van der Waals surface area contributed by atoms with E-state index >= 15 is 0 Å². The van der Waals surface area contributed by atoms with Crippen LogP contribution in [0.4, 0.5) is 0 Å². The molecule has 1 saturated heterocycles. The van der Waals surface area contributed by atoms with Gasteiger partial charge in [-0.1, -0.05) is 19.3 Å². The number of hydrogen-bond acceptors (Lipinski definition) is 3. The lowest BCUT2D eigenvalue weighted by atomic mass is 9.88. The third-order valence-corrected chi connectivity index (χ3v) is 5.77. The van der Waals surface area contributed by atoms with Crippen LogP contribution in [0.5, 0.6) is 0 Å². The van der Waals surface area contributed by atoms with Crippen LogP contribution >= 0.6 is 0 Å². The van der Waals surface area contributed by atoms with Gasteiger partial charge >= 0.3 is 0 Å². The molecule has 0 radical (unpaired) electrons. The molecule has 1 aliphatic heterocycles. The van der Waals surface area contributed by atoms with Gasteiger partial charge in [-0.25, -0.2) is 0 Å². The Hall–Kier alpha value is -1.36. The van der Waals surface area contributed by atoms with Crippen molar-refractivity contribution in [2.45, 2.75) is 77.8 Å². The first-order valence-electron chi connectivity index (χ1n) is 10.1. The van der Waals surface area contributed by atoms with E-state index in [1.165, 1.54) is 51.6 Å². The van der Waals surface area contributed by atoms with Crippen LogP contribution in [0.1, 0.15) is 62.8 Å². The number of aryl methyl sites for hydroxylation is 3. The molecule has 25 heavy (non-hydrogen) atoms. The maximum Gasteiger partial charge on any atom is 0.222 e. The van der Waals surface area contributed by atoms with Crippen LogP contribution in [0.2, 0.25) is 0 Å². The summed E-state index contributed by atoms with van der Waals surface area (Å²) in [5.41, 5.74) is 2.14. The van der Waals surface area contributed by atoms with E-state index in [1.807, 2.05) is 18.5 Å². The number of amides is 1. The zero-order chi connectivity index (χ0) is 17.6. The van der Waals surface area contributed by atoms with Crippen molar-refractivity contribution in [2.75, 3.05) is 19.6 Å². The molecule has 1 aromatic heterocycles. The van der Waals surface area contributed by atoms with Crippen LogP contribution in [-0.4, -0.2) is 46.3 Å². The summed E-state index contributed by atoms with van der Waals surface area (Å²) in [7, 11) is 0. The topological polar surface area (TPSA) is 50.2 Å². The Labute approximate surface area is 152 Å². The Bertz CT molecular complexity index is 562. The molecule has 1 atom stereocenters. The monoisotopic (exact) mass is 346 g/mol. The van der Waals surface area contributed by atoms with E-state index in [2.05, 4.69) is 21.4 Å². The van der Waals surface area contributed by atoms with Crippen LogP contribution in [0.15, 0.2) is 6.07 Å². The van der Waals surface area contributed by atoms with Gasteiger partial charge in [0.2, 0.25) is 5.91 Å². The average molecular weight is 347 g/mol. The highest BCUT2D eigenvalue weighted by atomic mass is 16.1. The molecule has 5 heteroatoms. The van der Waals surface area contributed by atoms with Gasteiger partial charge in [0.1, 0.15) is 0 Å². The number of piperidine rings is 1. The van der Waals surface area contributed by atoms with Gasteiger partial charge in [0.25, 0.3) is 0 Å². The number of likely N-dealkylation sites (tertiary alicyclic amines) is 1. The summed E-state index contributed by atoms with van der Waals surface area (Å²) < 4.78 is 1.94. The first-order valence-corrected chi connectivity index (χ1v) is 10.1. The molecule has 3 rings (SSSR count). The number of carbonyl (C=O) groups is 1. The molecule has 0 aromatic carbocycles. The molecule has 0 bridgehead atoms. The average Bonchev–Trinajstić information content (AvgIpc) is 2.92. The predicted octanol–water partition coefficient (Wildman–Crippen LogP) is 3.05. The number of aromatic nitrogens is 2. The molecule has 1 N–H and O–H groups in total. The summed E-state index contributed by atoms with van der Waals surface area (Å²) in [6.45, 7) is 8.17. The summed E-state index contributed by atoms with van der Waals surface area (Å²) in [5.74, 6) is 1.05. The molecule has 2 aliphatic rings. The standard InChI is InChI=1S/C20H34N4O/c1-16-13-17(2)24(22-16)12-10-20(25)21-19-9-6-11-23(15-19)14-18-7-4-3-5-8-18/h13,18-19H,3-12,14-15H2,1-2H3,(H,21,25). The van der Waals surface area contributed by atoms with Crippen molar-refractivity contribution >= 4 is 5.91 Å². The minimum absolute atomic E-state index is 0.164. The van der Waals surface area contributed by atoms with Crippen molar-refractivity contribution in [1.29, 1.82) is 0 Å². The Balaban J connectivity index is 1.40. The van der Waals surface area contributed by atoms with E-state index in [9.17, 15) is 4.79 Å². The number of carbonyl (C=O) groups excluding carboxylic acids is 1. The van der Waals surface area contributed by atoms with Crippen LogP contribution in [0.3, 0.4) is 0 Å². The van der Waals surface area contributed by atoms with Crippen LogP contribution in [0, 0.1) is 19.8 Å². The maximum atomic E-state index is 12.3. The second-order valence-electron chi connectivity index (χ2n) is 8.07. The summed E-state index contributed by atoms with van der Waals surface area (Å²) in [6, 6.07) is 2.38. The molecule has 1 unspecified atom stereocenters. The highest BCUT2D eigenvalue weighted by Gasteiger charge is 2.24. The Morgan fingerprint density at radius 2 is 2.00 bits per heavy atom. The third-order valence-electron chi connectivity index (χ3n) is 5.77. The number of nitrogens with zero attached hydrogens (tertiary/aromatic N) is 3. The van der Waals surface area contributed by atoms with E-state index in [0.29, 0.717) is 19.0 Å². The summed E-state index contributed by atoms with van der Waals surface area (Å²) in [6.07, 6.45) is 9.87. The predicted molar refractivity (Wildman–Crippen MR) is 100 cm³/mol. The maximum absolute atomic E-state index is 12.3. The highest BCUT2D eigenvalue weighted by molar-refractivity contribution is 5.76. The zero-order valence-corrected chi connectivity index (χ0v) is 16.0. The Kier molecular flexibility index (Phi) is 6.51. The lowest BCUT2D eigenvalue weighted by molar-refractivity contribution is -0.122. The minimum atomic E-state index is 0.164. The smallest absolute Gasteiger partial charge is 0.222 e. The van der Waals surface area contributed by atoms with Crippen molar-refractivity contribution in [1.82, 2.24) is 20.0 Å². The van der Waals surface area contributed by atoms with Gasteiger partial charge in [-0.05, 0) is 58.1 Å². The molecular weight excluding hydrogens is 312 g/mol. The first-order chi connectivity index (χ1) is 12.1. The molecule has 140 valence electrons. The molecule has 0 spiro atoms. The lowest BCUT2D eigenvalue weighted by Crippen LogP contribution is -2.49. The highest BCUT2D eigenvalue weighted by Crippen LogP contribution is 2.25. The third kappa shape index (κ3) is 5.56. The molecule has 1 saturated carbocycles. The van der Waals surface area contributed by atoms with Gasteiger partial charge in [-0.3, -0.25) is 9.48 Å². The van der Waals surface area contributed by atoms with E-state index in [1.54, 1.807) is 0 Å². The van der Waals surface area contributed by atoms with Gasteiger partial charge in [-0.15, -0.1) is 0 Å². The molecule has 2 fully saturated rings. The van der Waals surface area contributed by atoms with Crippen molar-refractivity contribution in [3.8, 4) is 0 Å². The van der Waals surface area contributed by atoms with Crippen molar-refractivity contribution in [3.05, 3.63) is 17.5 Å². The number of hydrogen-bond donors (Lipinski definition) is 1. The zero-order valence-electron chi connectivity index (χ0n) is 16.0. The fraction of sp³-hybridized carbons (Fsp3) is 0.800. The normalized spacial score (nSPS) is 22.9. The van der Waals surface area contributed by atoms with Gasteiger partial charge in [-0.2, -0.15) is 5.10 Å². The summed E-state index contributed by atoms with van der Waals surface area (Å²) >= 11 is 0. The second-order valence-corrected chi connectivity index (χ2v) is 8.07. The van der Waals surface area contributed by atoms with Crippen LogP contribution in [0.25, 0.3) is 0 Å². The molecule has 1 aromatic rings. The molecule has 5 nitrogen and oxygen atoms in total. The summed E-state index contributed by atoms with van der Waals surface area (Å²) in [5, 5.41) is 7.70. The largest absolute Gasteiger partial charge is 0.352 e. The quantitative estimate of drug-likeness (QED) is 0.861. The summed E-state index contributed by atoms with van der Waals surface area (Å²) in [4.78, 5) is 14.9. The van der Waals surface area contributed by atoms with Gasteiger partial charge in [0, 0.05) is 37.8 Å². The van der Waals surface area contributed by atoms with Crippen LogP contribution in [-0.2, 0) is 11.3 Å². The van der Waals surface area contributed by atoms with E-state index in [0.717, 1.165) is 30.3 Å². The molecule has 1 amide bonds. The van der Waals surface area contributed by atoms with Crippen molar-refractivity contribution in [2.24, 2.45) is 5.92 Å². The van der Waals surface area contributed by atoms with Crippen molar-refractivity contribution < 1.29 is 4.79 Å².